The van der Waals surface area contributed by atoms with Gasteiger partial charge in [-0.15, -0.1) is 0 Å². The van der Waals surface area contributed by atoms with Crippen molar-refractivity contribution >= 4 is 17.9 Å². The molecule has 0 saturated heterocycles. The van der Waals surface area contributed by atoms with E-state index in [1.165, 1.54) is 302 Å². The lowest BCUT2D eigenvalue weighted by Gasteiger charge is -2.18. The SMILES string of the molecule is CCCCCCCC/C=C\CCCCCCCCCCCC(=O)OC(COC(=O)CCCCCCCC)COC(=O)CCCCCCCCCCCCCCCCCCCCCCCCC/C=C\CCCCCCCCCC. The highest BCUT2D eigenvalue weighted by atomic mass is 16.6. The third kappa shape index (κ3) is 64.7. The van der Waals surface area contributed by atoms with Gasteiger partial charge in [-0.3, -0.25) is 14.4 Å². The van der Waals surface area contributed by atoms with Crippen LogP contribution in [-0.2, 0) is 28.6 Å². The number of carbonyl (C=O) groups is 3. The van der Waals surface area contributed by atoms with Gasteiger partial charge in [0.2, 0.25) is 0 Å². The number of allylic oxidation sites excluding steroid dienone is 4. The Balaban J connectivity index is 3.89. The molecule has 0 fully saturated rings. The van der Waals surface area contributed by atoms with E-state index in [0.717, 1.165) is 57.8 Å². The van der Waals surface area contributed by atoms with Crippen molar-refractivity contribution in [1.82, 2.24) is 0 Å². The van der Waals surface area contributed by atoms with Crippen molar-refractivity contribution in [3.8, 4) is 0 Å². The van der Waals surface area contributed by atoms with Crippen molar-refractivity contribution < 1.29 is 28.6 Å². The molecule has 6 heteroatoms. The number of unbranched alkanes of at least 4 members (excludes halogenated alkanes) is 51. The smallest absolute Gasteiger partial charge is 0.306 e. The van der Waals surface area contributed by atoms with E-state index in [-0.39, 0.29) is 31.1 Å². The van der Waals surface area contributed by atoms with E-state index in [0.29, 0.717) is 19.3 Å². The summed E-state index contributed by atoms with van der Waals surface area (Å²) in [6, 6.07) is 0. The Morgan fingerprint density at radius 2 is 0.423 bits per heavy atom. The van der Waals surface area contributed by atoms with Gasteiger partial charge in [0.25, 0.3) is 0 Å². The fourth-order valence-corrected chi connectivity index (χ4v) is 10.8. The standard InChI is InChI=1S/C72H136O6/c1-4-7-10-13-16-18-20-22-24-26-28-29-30-31-32-33-34-35-36-37-38-39-40-41-42-43-45-46-48-50-52-54-56-59-62-65-71(74)77-68-69(67-76-70(73)64-61-58-15-12-9-6-3)78-72(75)66-63-60-57-55-53-51-49-47-44-27-25-23-21-19-17-14-11-8-5-2/h23,25-26,28,69H,4-22,24,27,29-68H2,1-3H3/b25-23-,28-26-. The maximum absolute atomic E-state index is 12.8. The Bertz CT molecular complexity index is 1260. The third-order valence-electron chi connectivity index (χ3n) is 16.2. The monoisotopic (exact) mass is 1100 g/mol. The minimum atomic E-state index is -0.766. The van der Waals surface area contributed by atoms with Crippen molar-refractivity contribution in [1.29, 1.82) is 0 Å². The fourth-order valence-electron chi connectivity index (χ4n) is 10.8. The van der Waals surface area contributed by atoms with Crippen molar-refractivity contribution in [2.24, 2.45) is 0 Å². The molecule has 0 heterocycles. The van der Waals surface area contributed by atoms with Crippen LogP contribution in [0.2, 0.25) is 0 Å². The minimum Gasteiger partial charge on any atom is -0.462 e. The lowest BCUT2D eigenvalue weighted by atomic mass is 10.0. The molecule has 0 aliphatic rings. The minimum absolute atomic E-state index is 0.0666. The average Bonchev–Trinajstić information content (AvgIpc) is 3.44. The number of rotatable bonds is 66. The Labute approximate surface area is 487 Å². The van der Waals surface area contributed by atoms with Crippen molar-refractivity contribution in [3.05, 3.63) is 24.3 Å². The second kappa shape index (κ2) is 67.4. The van der Waals surface area contributed by atoms with Gasteiger partial charge in [0.1, 0.15) is 13.2 Å². The topological polar surface area (TPSA) is 78.9 Å². The summed E-state index contributed by atoms with van der Waals surface area (Å²) in [5, 5.41) is 0. The van der Waals surface area contributed by atoms with Gasteiger partial charge >= 0.3 is 17.9 Å². The van der Waals surface area contributed by atoms with Crippen molar-refractivity contribution in [2.75, 3.05) is 13.2 Å². The summed E-state index contributed by atoms with van der Waals surface area (Å²) in [5.74, 6) is -0.853. The van der Waals surface area contributed by atoms with E-state index >= 15 is 0 Å². The van der Waals surface area contributed by atoms with E-state index in [2.05, 4.69) is 45.1 Å². The van der Waals surface area contributed by atoms with E-state index in [1.54, 1.807) is 0 Å². The molecular weight excluding hydrogens is 961 g/mol. The zero-order valence-electron chi connectivity index (χ0n) is 53.0. The quantitative estimate of drug-likeness (QED) is 0.0261. The summed E-state index contributed by atoms with van der Waals surface area (Å²) in [6.07, 6.45) is 82.7. The van der Waals surface area contributed by atoms with Crippen molar-refractivity contribution in [2.45, 2.75) is 406 Å². The molecule has 460 valence electrons. The van der Waals surface area contributed by atoms with Crippen LogP contribution < -0.4 is 0 Å². The summed E-state index contributed by atoms with van der Waals surface area (Å²) in [7, 11) is 0. The van der Waals surface area contributed by atoms with Crippen LogP contribution in [0.25, 0.3) is 0 Å². The first-order valence-corrected chi connectivity index (χ1v) is 35.3. The van der Waals surface area contributed by atoms with Gasteiger partial charge in [-0.2, -0.15) is 0 Å². The van der Waals surface area contributed by atoms with E-state index in [1.807, 2.05) is 0 Å². The normalized spacial score (nSPS) is 12.1. The van der Waals surface area contributed by atoms with Crippen molar-refractivity contribution in [3.63, 3.8) is 0 Å². The van der Waals surface area contributed by atoms with Gasteiger partial charge in [-0.1, -0.05) is 334 Å². The van der Waals surface area contributed by atoms with Crippen LogP contribution in [-0.4, -0.2) is 37.2 Å². The molecule has 0 aromatic rings. The Kier molecular flexibility index (Phi) is 65.6. The van der Waals surface area contributed by atoms with E-state index < -0.39 is 6.10 Å². The molecule has 0 bridgehead atoms. The van der Waals surface area contributed by atoms with Gasteiger partial charge < -0.3 is 14.2 Å². The van der Waals surface area contributed by atoms with Crippen LogP contribution in [0.5, 0.6) is 0 Å². The number of hydrogen-bond donors (Lipinski definition) is 0. The number of esters is 3. The highest BCUT2D eigenvalue weighted by Gasteiger charge is 2.19. The molecule has 0 spiro atoms. The zero-order chi connectivity index (χ0) is 56.4. The largest absolute Gasteiger partial charge is 0.462 e. The number of ether oxygens (including phenoxy) is 3. The van der Waals surface area contributed by atoms with Crippen LogP contribution in [0.3, 0.4) is 0 Å². The second-order valence-corrected chi connectivity index (χ2v) is 24.1. The van der Waals surface area contributed by atoms with Crippen LogP contribution in [0.4, 0.5) is 0 Å². The molecule has 6 nitrogen and oxygen atoms in total. The van der Waals surface area contributed by atoms with Crippen LogP contribution in [0, 0.1) is 0 Å². The maximum atomic E-state index is 12.8. The molecule has 0 aromatic heterocycles. The van der Waals surface area contributed by atoms with Gasteiger partial charge in [-0.25, -0.2) is 0 Å². The average molecular weight is 1100 g/mol. The first-order valence-electron chi connectivity index (χ1n) is 35.3. The van der Waals surface area contributed by atoms with Crippen LogP contribution >= 0.6 is 0 Å². The van der Waals surface area contributed by atoms with Crippen LogP contribution in [0.1, 0.15) is 400 Å². The van der Waals surface area contributed by atoms with Gasteiger partial charge in [0, 0.05) is 19.3 Å². The predicted molar refractivity (Wildman–Crippen MR) is 340 cm³/mol. The molecule has 1 atom stereocenters. The van der Waals surface area contributed by atoms with E-state index in [4.69, 9.17) is 14.2 Å². The summed E-state index contributed by atoms with van der Waals surface area (Å²) in [6.45, 7) is 6.64. The first kappa shape index (κ1) is 75.9. The fraction of sp³-hybridized carbons (Fsp3) is 0.903. The Morgan fingerprint density at radius 1 is 0.244 bits per heavy atom. The molecular formula is C72H136O6. The Hall–Kier alpha value is -2.11. The summed E-state index contributed by atoms with van der Waals surface area (Å²) < 4.78 is 16.8. The summed E-state index contributed by atoms with van der Waals surface area (Å²) in [5.41, 5.74) is 0. The van der Waals surface area contributed by atoms with Crippen LogP contribution in [0.15, 0.2) is 24.3 Å². The molecule has 0 amide bonds. The molecule has 0 aromatic carbocycles. The molecule has 0 saturated carbocycles. The lowest BCUT2D eigenvalue weighted by Crippen LogP contribution is -2.30. The van der Waals surface area contributed by atoms with Gasteiger partial charge in [-0.05, 0) is 70.6 Å². The highest BCUT2D eigenvalue weighted by Crippen LogP contribution is 2.19. The highest BCUT2D eigenvalue weighted by molar-refractivity contribution is 5.71. The van der Waals surface area contributed by atoms with E-state index in [9.17, 15) is 14.4 Å². The third-order valence-corrected chi connectivity index (χ3v) is 16.2. The summed E-state index contributed by atoms with van der Waals surface area (Å²) in [4.78, 5) is 38.0. The van der Waals surface area contributed by atoms with Gasteiger partial charge in [0.15, 0.2) is 6.10 Å². The lowest BCUT2D eigenvalue weighted by molar-refractivity contribution is -0.167. The predicted octanol–water partition coefficient (Wildman–Crippen LogP) is 24.2. The maximum Gasteiger partial charge on any atom is 0.306 e. The second-order valence-electron chi connectivity index (χ2n) is 24.1. The molecule has 0 rings (SSSR count). The zero-order valence-corrected chi connectivity index (χ0v) is 53.0. The Morgan fingerprint density at radius 3 is 0.641 bits per heavy atom. The molecule has 0 N–H and O–H groups in total. The molecule has 78 heavy (non-hydrogen) atoms. The molecule has 0 radical (unpaired) electrons. The first-order chi connectivity index (χ1) is 38.5. The molecule has 1 unspecified atom stereocenters. The molecule has 0 aliphatic heterocycles. The molecule has 0 aliphatic carbocycles. The number of carbonyl (C=O) groups excluding carboxylic acids is 3. The summed E-state index contributed by atoms with van der Waals surface area (Å²) >= 11 is 0. The van der Waals surface area contributed by atoms with Gasteiger partial charge in [0.05, 0.1) is 0 Å². The number of hydrogen-bond acceptors (Lipinski definition) is 6.